The number of aliphatic carboxylic acids is 1. The molecule has 0 aliphatic carbocycles. The minimum Gasteiger partial charge on any atom is -0.506 e. The van der Waals surface area contributed by atoms with Gasteiger partial charge in [-0.05, 0) is 42.8 Å². The van der Waals surface area contributed by atoms with Crippen LogP contribution in [0, 0.1) is 6.92 Å². The molecule has 8 heteroatoms. The maximum Gasteiger partial charge on any atom is 0.307 e. The van der Waals surface area contributed by atoms with Crippen LogP contribution in [0.2, 0.25) is 0 Å². The highest BCUT2D eigenvalue weighted by Gasteiger charge is 2.18. The summed E-state index contributed by atoms with van der Waals surface area (Å²) in [6, 6.07) is 15.7. The summed E-state index contributed by atoms with van der Waals surface area (Å²) in [5, 5.41) is 26.9. The fraction of sp³-hybridized carbons (Fsp3) is 0.0909. The van der Waals surface area contributed by atoms with E-state index in [-0.39, 0.29) is 17.9 Å². The first-order chi connectivity index (χ1) is 14.4. The van der Waals surface area contributed by atoms with Crippen LogP contribution in [-0.4, -0.2) is 36.9 Å². The normalized spacial score (nSPS) is 10.8. The first-order valence-electron chi connectivity index (χ1n) is 9.18. The van der Waals surface area contributed by atoms with Crippen molar-refractivity contribution in [2.75, 3.05) is 5.32 Å². The Morgan fingerprint density at radius 2 is 1.90 bits per heavy atom. The smallest absolute Gasteiger partial charge is 0.307 e. The fourth-order valence-corrected chi connectivity index (χ4v) is 3.19. The number of fused-ring (bicyclic) bond motifs is 1. The number of amides is 1. The van der Waals surface area contributed by atoms with Gasteiger partial charge in [0.1, 0.15) is 5.75 Å². The molecule has 3 N–H and O–H groups in total. The van der Waals surface area contributed by atoms with E-state index in [1.54, 1.807) is 11.6 Å². The van der Waals surface area contributed by atoms with Crippen LogP contribution < -0.4 is 5.32 Å². The fourth-order valence-electron chi connectivity index (χ4n) is 3.19. The van der Waals surface area contributed by atoms with E-state index >= 15 is 0 Å². The number of carbonyl (C=O) groups excluding carboxylic acids is 1. The average Bonchev–Trinajstić information content (AvgIpc) is 3.11. The molecule has 0 aliphatic rings. The minimum absolute atomic E-state index is 0.134. The monoisotopic (exact) mass is 402 g/mol. The molecular formula is C22H18N4O4. The zero-order valence-corrected chi connectivity index (χ0v) is 16.0. The van der Waals surface area contributed by atoms with E-state index in [0.29, 0.717) is 22.6 Å². The number of anilines is 1. The topological polar surface area (TPSA) is 117 Å². The number of aromatic nitrogens is 3. The largest absolute Gasteiger partial charge is 0.506 e. The maximum absolute atomic E-state index is 12.8. The third-order valence-electron chi connectivity index (χ3n) is 4.72. The van der Waals surface area contributed by atoms with Gasteiger partial charge in [-0.1, -0.05) is 24.3 Å². The lowest BCUT2D eigenvalue weighted by Crippen LogP contribution is -2.14. The van der Waals surface area contributed by atoms with Crippen molar-refractivity contribution >= 4 is 28.5 Å². The predicted octanol–water partition coefficient (Wildman–Crippen LogP) is 3.31. The second kappa shape index (κ2) is 7.67. The number of pyridine rings is 1. The Kier molecular flexibility index (Phi) is 4.89. The quantitative estimate of drug-likeness (QED) is 0.441. The van der Waals surface area contributed by atoms with Gasteiger partial charge in [-0.2, -0.15) is 5.10 Å². The lowest BCUT2D eigenvalue weighted by molar-refractivity contribution is -0.136. The van der Waals surface area contributed by atoms with Crippen molar-refractivity contribution in [1.29, 1.82) is 0 Å². The number of phenolic OH excluding ortho intramolecular Hbond substituents is 1. The number of hydrogen-bond donors (Lipinski definition) is 3. The summed E-state index contributed by atoms with van der Waals surface area (Å²) in [6.07, 6.45) is 1.22. The molecule has 0 saturated carbocycles. The number of nitrogens with zero attached hydrogens (tertiary/aromatic N) is 3. The molecule has 2 heterocycles. The molecule has 2 aromatic carbocycles. The van der Waals surface area contributed by atoms with E-state index in [0.717, 1.165) is 10.9 Å². The number of nitrogens with one attached hydrogen (secondary N) is 1. The number of phenols is 1. The second-order valence-corrected chi connectivity index (χ2v) is 6.79. The molecule has 4 rings (SSSR count). The van der Waals surface area contributed by atoms with Gasteiger partial charge in [-0.25, -0.2) is 9.67 Å². The van der Waals surface area contributed by atoms with Crippen molar-refractivity contribution in [3.63, 3.8) is 0 Å². The van der Waals surface area contributed by atoms with Crippen LogP contribution in [0.3, 0.4) is 0 Å². The van der Waals surface area contributed by atoms with Gasteiger partial charge in [0, 0.05) is 5.39 Å². The van der Waals surface area contributed by atoms with Crippen LogP contribution in [0.25, 0.3) is 16.7 Å². The Morgan fingerprint density at radius 1 is 1.10 bits per heavy atom. The van der Waals surface area contributed by atoms with Crippen LogP contribution in [0.5, 0.6) is 5.75 Å². The number of hydrogen-bond acceptors (Lipinski definition) is 5. The molecular weight excluding hydrogens is 384 g/mol. The summed E-state index contributed by atoms with van der Waals surface area (Å²) in [4.78, 5) is 28.3. The van der Waals surface area contributed by atoms with Gasteiger partial charge in [0.2, 0.25) is 0 Å². The molecule has 0 spiro atoms. The Hall–Kier alpha value is -4.20. The van der Waals surface area contributed by atoms with Crippen LogP contribution in [0.1, 0.15) is 21.6 Å². The summed E-state index contributed by atoms with van der Waals surface area (Å²) in [7, 11) is 0. The molecule has 2 aromatic heterocycles. The Morgan fingerprint density at radius 3 is 2.70 bits per heavy atom. The second-order valence-electron chi connectivity index (χ2n) is 6.79. The zero-order valence-electron chi connectivity index (χ0n) is 16.0. The van der Waals surface area contributed by atoms with Gasteiger partial charge in [0.25, 0.3) is 5.91 Å². The molecule has 0 bridgehead atoms. The summed E-state index contributed by atoms with van der Waals surface area (Å²) in [5.41, 5.74) is 2.30. The van der Waals surface area contributed by atoms with E-state index < -0.39 is 11.9 Å². The lowest BCUT2D eigenvalue weighted by atomic mass is 10.1. The highest BCUT2D eigenvalue weighted by Crippen LogP contribution is 2.26. The van der Waals surface area contributed by atoms with Gasteiger partial charge in [0.05, 0.1) is 35.1 Å². The van der Waals surface area contributed by atoms with Crippen molar-refractivity contribution in [2.45, 2.75) is 13.3 Å². The van der Waals surface area contributed by atoms with Gasteiger partial charge >= 0.3 is 5.97 Å². The van der Waals surface area contributed by atoms with Gasteiger partial charge < -0.3 is 15.5 Å². The SMILES string of the molecule is Cc1c(C(=O)Nc2cc(CC(=O)O)ccc2O)cnn1-c1ccc2ccccc2n1. The maximum atomic E-state index is 12.8. The van der Waals surface area contributed by atoms with E-state index in [1.165, 1.54) is 24.4 Å². The summed E-state index contributed by atoms with van der Waals surface area (Å²) >= 11 is 0. The van der Waals surface area contributed by atoms with Crippen molar-refractivity contribution in [1.82, 2.24) is 14.8 Å². The molecule has 0 aliphatic heterocycles. The number of para-hydroxylation sites is 1. The molecule has 1 amide bonds. The summed E-state index contributed by atoms with van der Waals surface area (Å²) < 4.78 is 1.57. The zero-order chi connectivity index (χ0) is 21.3. The first-order valence-corrected chi connectivity index (χ1v) is 9.18. The molecule has 4 aromatic rings. The molecule has 8 nitrogen and oxygen atoms in total. The van der Waals surface area contributed by atoms with Gasteiger partial charge in [0.15, 0.2) is 5.82 Å². The Bertz CT molecular complexity index is 1280. The number of carboxylic acids is 1. The molecule has 0 fully saturated rings. The van der Waals surface area contributed by atoms with Crippen molar-refractivity contribution in [2.24, 2.45) is 0 Å². The Labute approximate surface area is 171 Å². The van der Waals surface area contributed by atoms with Crippen molar-refractivity contribution in [3.8, 4) is 11.6 Å². The van der Waals surface area contributed by atoms with Crippen LogP contribution in [-0.2, 0) is 11.2 Å². The van der Waals surface area contributed by atoms with Crippen LogP contribution in [0.4, 0.5) is 5.69 Å². The third kappa shape index (κ3) is 3.70. The highest BCUT2D eigenvalue weighted by molar-refractivity contribution is 6.05. The minimum atomic E-state index is -1.00. The standard InChI is InChI=1S/C22H18N4O4/c1-13-16(22(30)25-18-10-14(11-21(28)29)6-8-19(18)27)12-23-26(13)20-9-7-15-4-2-3-5-17(15)24-20/h2-10,12,27H,11H2,1H3,(H,25,30)(H,28,29). The van der Waals surface area contributed by atoms with Crippen molar-refractivity contribution in [3.05, 3.63) is 77.6 Å². The number of rotatable bonds is 5. The average molecular weight is 402 g/mol. The highest BCUT2D eigenvalue weighted by atomic mass is 16.4. The Balaban J connectivity index is 1.62. The molecule has 0 unspecified atom stereocenters. The number of carboxylic acid groups (broad SMARTS) is 1. The lowest BCUT2D eigenvalue weighted by Gasteiger charge is -2.09. The predicted molar refractivity (Wildman–Crippen MR) is 111 cm³/mol. The van der Waals surface area contributed by atoms with E-state index in [2.05, 4.69) is 15.4 Å². The number of carbonyl (C=O) groups is 2. The molecule has 0 atom stereocenters. The molecule has 150 valence electrons. The van der Waals surface area contributed by atoms with E-state index in [9.17, 15) is 14.7 Å². The van der Waals surface area contributed by atoms with Crippen LogP contribution in [0.15, 0.2) is 60.8 Å². The molecule has 0 saturated heterocycles. The summed E-state index contributed by atoms with van der Waals surface area (Å²) in [6.45, 7) is 1.75. The van der Waals surface area contributed by atoms with Crippen LogP contribution >= 0.6 is 0 Å². The van der Waals surface area contributed by atoms with E-state index in [1.807, 2.05) is 36.4 Å². The van der Waals surface area contributed by atoms with Gasteiger partial charge in [-0.15, -0.1) is 0 Å². The number of benzene rings is 2. The third-order valence-corrected chi connectivity index (χ3v) is 4.72. The molecule has 0 radical (unpaired) electrons. The van der Waals surface area contributed by atoms with E-state index in [4.69, 9.17) is 5.11 Å². The van der Waals surface area contributed by atoms with Gasteiger partial charge in [-0.3, -0.25) is 9.59 Å². The first kappa shape index (κ1) is 19.1. The van der Waals surface area contributed by atoms with Crippen molar-refractivity contribution < 1.29 is 19.8 Å². The summed E-state index contributed by atoms with van der Waals surface area (Å²) in [5.74, 6) is -1.05. The molecule has 30 heavy (non-hydrogen) atoms. The number of aromatic hydroxyl groups is 1.